The number of hydrogen-bond acceptors (Lipinski definition) is 4. The van der Waals surface area contributed by atoms with Gasteiger partial charge >= 0.3 is 0 Å². The molecule has 27 heavy (non-hydrogen) atoms. The van der Waals surface area contributed by atoms with Crippen LogP contribution in [0.4, 0.5) is 0 Å². The lowest BCUT2D eigenvalue weighted by Crippen LogP contribution is -2.38. The molecule has 0 fully saturated rings. The third-order valence-electron chi connectivity index (χ3n) is 4.84. The van der Waals surface area contributed by atoms with E-state index in [1.165, 1.54) is 4.68 Å². The molecule has 2 aromatic heterocycles. The Balaban J connectivity index is 1.64. The van der Waals surface area contributed by atoms with Gasteiger partial charge in [-0.05, 0) is 25.6 Å². The van der Waals surface area contributed by atoms with E-state index < -0.39 is 0 Å². The molecule has 0 radical (unpaired) electrons. The van der Waals surface area contributed by atoms with Crippen molar-refractivity contribution in [1.29, 1.82) is 0 Å². The Morgan fingerprint density at radius 2 is 2.04 bits per heavy atom. The maximum absolute atomic E-state index is 12.7. The Morgan fingerprint density at radius 1 is 1.22 bits per heavy atom. The Kier molecular flexibility index (Phi) is 6.24. The fraction of sp³-hybridized carbons (Fsp3) is 0.450. The SMILES string of the molecule is CCCCN(CC)CCNC(=O)Cn1ncc2c([nH]c3ccccc32)c1=O. The summed E-state index contributed by atoms with van der Waals surface area (Å²) in [6, 6.07) is 7.71. The molecule has 0 aliphatic heterocycles. The molecule has 2 heterocycles. The number of para-hydroxylation sites is 1. The fourth-order valence-electron chi connectivity index (χ4n) is 3.24. The topological polar surface area (TPSA) is 83.0 Å². The third kappa shape index (κ3) is 4.36. The van der Waals surface area contributed by atoms with Gasteiger partial charge in [0.05, 0.1) is 6.20 Å². The molecule has 7 nitrogen and oxygen atoms in total. The second kappa shape index (κ2) is 8.81. The van der Waals surface area contributed by atoms with Crippen molar-refractivity contribution in [2.45, 2.75) is 33.2 Å². The van der Waals surface area contributed by atoms with Gasteiger partial charge in [0.25, 0.3) is 5.56 Å². The van der Waals surface area contributed by atoms with Crippen LogP contribution in [0.2, 0.25) is 0 Å². The van der Waals surface area contributed by atoms with Crippen LogP contribution in [0.1, 0.15) is 26.7 Å². The number of H-pyrrole nitrogens is 1. The van der Waals surface area contributed by atoms with Gasteiger partial charge in [0.2, 0.25) is 5.91 Å². The number of rotatable bonds is 9. The van der Waals surface area contributed by atoms with E-state index in [0.717, 1.165) is 48.8 Å². The van der Waals surface area contributed by atoms with E-state index in [4.69, 9.17) is 0 Å². The van der Waals surface area contributed by atoms with Crippen molar-refractivity contribution in [3.8, 4) is 0 Å². The molecule has 0 aliphatic carbocycles. The van der Waals surface area contributed by atoms with Gasteiger partial charge in [-0.15, -0.1) is 0 Å². The Labute approximate surface area is 158 Å². The number of hydrogen-bond donors (Lipinski definition) is 2. The smallest absolute Gasteiger partial charge is 0.291 e. The molecular formula is C20H27N5O2. The molecule has 0 spiro atoms. The van der Waals surface area contributed by atoms with Crippen LogP contribution in [0, 0.1) is 0 Å². The molecule has 1 aromatic carbocycles. The normalized spacial score (nSPS) is 11.5. The minimum Gasteiger partial charge on any atom is -0.353 e. The average Bonchev–Trinajstić information content (AvgIpc) is 3.06. The summed E-state index contributed by atoms with van der Waals surface area (Å²) in [6.07, 6.45) is 3.96. The van der Waals surface area contributed by atoms with E-state index in [1.54, 1.807) is 6.20 Å². The van der Waals surface area contributed by atoms with Crippen LogP contribution in [0.15, 0.2) is 35.3 Å². The van der Waals surface area contributed by atoms with Crippen LogP contribution in [0.5, 0.6) is 0 Å². The van der Waals surface area contributed by atoms with E-state index >= 15 is 0 Å². The van der Waals surface area contributed by atoms with Crippen LogP contribution in [0.3, 0.4) is 0 Å². The highest BCUT2D eigenvalue weighted by Gasteiger charge is 2.12. The number of nitrogens with zero attached hydrogens (tertiary/aromatic N) is 3. The minimum atomic E-state index is -0.281. The molecule has 144 valence electrons. The molecule has 0 atom stereocenters. The van der Waals surface area contributed by atoms with Crippen molar-refractivity contribution >= 4 is 27.7 Å². The molecule has 0 saturated heterocycles. The Bertz CT molecular complexity index is 975. The lowest BCUT2D eigenvalue weighted by Gasteiger charge is -2.20. The number of amides is 1. The van der Waals surface area contributed by atoms with Gasteiger partial charge in [0, 0.05) is 29.4 Å². The Morgan fingerprint density at radius 3 is 2.81 bits per heavy atom. The van der Waals surface area contributed by atoms with Crippen molar-refractivity contribution in [3.05, 3.63) is 40.8 Å². The van der Waals surface area contributed by atoms with Crippen molar-refractivity contribution in [2.75, 3.05) is 26.2 Å². The third-order valence-corrected chi connectivity index (χ3v) is 4.84. The lowest BCUT2D eigenvalue weighted by molar-refractivity contribution is -0.121. The summed E-state index contributed by atoms with van der Waals surface area (Å²) in [5.74, 6) is -0.202. The molecule has 3 rings (SSSR count). The maximum Gasteiger partial charge on any atom is 0.291 e. The van der Waals surface area contributed by atoms with E-state index in [-0.39, 0.29) is 18.0 Å². The molecule has 0 unspecified atom stereocenters. The van der Waals surface area contributed by atoms with Gasteiger partial charge in [0.1, 0.15) is 12.1 Å². The standard InChI is InChI=1S/C20H27N5O2/c1-3-5-11-24(4-2)12-10-21-18(26)14-25-20(27)19-16(13-22-25)15-8-6-7-9-17(15)23-19/h6-9,13,23H,3-5,10-12,14H2,1-2H3,(H,21,26). The lowest BCUT2D eigenvalue weighted by atomic mass is 10.2. The van der Waals surface area contributed by atoms with Gasteiger partial charge in [-0.1, -0.05) is 38.5 Å². The monoisotopic (exact) mass is 369 g/mol. The van der Waals surface area contributed by atoms with Crippen molar-refractivity contribution in [3.63, 3.8) is 0 Å². The largest absolute Gasteiger partial charge is 0.353 e. The Hall–Kier alpha value is -2.67. The summed E-state index contributed by atoms with van der Waals surface area (Å²) < 4.78 is 1.21. The molecule has 3 aromatic rings. The zero-order valence-corrected chi connectivity index (χ0v) is 16.0. The van der Waals surface area contributed by atoms with Gasteiger partial charge < -0.3 is 15.2 Å². The average molecular weight is 369 g/mol. The van der Waals surface area contributed by atoms with Crippen molar-refractivity contribution < 1.29 is 4.79 Å². The number of benzene rings is 1. The predicted octanol–water partition coefficient (Wildman–Crippen LogP) is 2.12. The second-order valence-electron chi connectivity index (χ2n) is 6.70. The first-order chi connectivity index (χ1) is 13.1. The highest BCUT2D eigenvalue weighted by Crippen LogP contribution is 2.21. The number of unbranched alkanes of at least 4 members (excludes halogenated alkanes) is 1. The van der Waals surface area contributed by atoms with Crippen LogP contribution in [-0.4, -0.2) is 51.8 Å². The van der Waals surface area contributed by atoms with Crippen LogP contribution in [0.25, 0.3) is 21.8 Å². The van der Waals surface area contributed by atoms with Crippen LogP contribution in [-0.2, 0) is 11.3 Å². The number of likely N-dealkylation sites (N-methyl/N-ethyl adjacent to an activating group) is 1. The summed E-state index contributed by atoms with van der Waals surface area (Å²) in [5, 5.41) is 8.80. The van der Waals surface area contributed by atoms with E-state index in [0.29, 0.717) is 12.1 Å². The number of aromatic amines is 1. The summed E-state index contributed by atoms with van der Waals surface area (Å²) in [4.78, 5) is 30.3. The van der Waals surface area contributed by atoms with Crippen LogP contribution >= 0.6 is 0 Å². The quantitative estimate of drug-likeness (QED) is 0.605. The molecule has 1 amide bonds. The van der Waals surface area contributed by atoms with E-state index in [1.807, 2.05) is 24.3 Å². The second-order valence-corrected chi connectivity index (χ2v) is 6.70. The molecule has 7 heteroatoms. The predicted molar refractivity (Wildman–Crippen MR) is 108 cm³/mol. The molecule has 0 aliphatic rings. The number of aromatic nitrogens is 3. The highest BCUT2D eigenvalue weighted by molar-refractivity contribution is 6.06. The first-order valence-electron chi connectivity index (χ1n) is 9.59. The van der Waals surface area contributed by atoms with Gasteiger partial charge in [0.15, 0.2) is 0 Å². The first kappa shape index (κ1) is 19.1. The number of fused-ring (bicyclic) bond motifs is 3. The first-order valence-corrected chi connectivity index (χ1v) is 9.59. The van der Waals surface area contributed by atoms with Crippen molar-refractivity contribution in [1.82, 2.24) is 25.0 Å². The number of carbonyl (C=O) groups is 1. The van der Waals surface area contributed by atoms with Gasteiger partial charge in [-0.25, -0.2) is 4.68 Å². The summed E-state index contributed by atoms with van der Waals surface area (Å²) in [6.45, 7) is 7.60. The molecule has 2 N–H and O–H groups in total. The zero-order valence-electron chi connectivity index (χ0n) is 16.0. The van der Waals surface area contributed by atoms with Gasteiger partial charge in [-0.2, -0.15) is 5.10 Å². The van der Waals surface area contributed by atoms with Crippen molar-refractivity contribution in [2.24, 2.45) is 0 Å². The summed E-state index contributed by atoms with van der Waals surface area (Å²) in [5.41, 5.74) is 1.09. The maximum atomic E-state index is 12.7. The number of nitrogens with one attached hydrogen (secondary N) is 2. The number of carbonyl (C=O) groups excluding carboxylic acids is 1. The highest BCUT2D eigenvalue weighted by atomic mass is 16.2. The van der Waals surface area contributed by atoms with E-state index in [9.17, 15) is 9.59 Å². The molecule has 0 saturated carbocycles. The van der Waals surface area contributed by atoms with E-state index in [2.05, 4.69) is 34.1 Å². The minimum absolute atomic E-state index is 0.0782. The fourth-order valence-corrected chi connectivity index (χ4v) is 3.24. The van der Waals surface area contributed by atoms with Gasteiger partial charge in [-0.3, -0.25) is 9.59 Å². The zero-order chi connectivity index (χ0) is 19.2. The molecular weight excluding hydrogens is 342 g/mol. The summed E-state index contributed by atoms with van der Waals surface area (Å²) in [7, 11) is 0. The molecule has 0 bridgehead atoms. The van der Waals surface area contributed by atoms with Crippen LogP contribution < -0.4 is 10.9 Å². The summed E-state index contributed by atoms with van der Waals surface area (Å²) >= 11 is 0.